The molecule has 1 aromatic rings. The summed E-state index contributed by atoms with van der Waals surface area (Å²) in [7, 11) is 1.67. The fraction of sp³-hybridized carbons (Fsp3) is 0.364. The first kappa shape index (κ1) is 11.8. The summed E-state index contributed by atoms with van der Waals surface area (Å²) < 4.78 is 4.99. The van der Waals surface area contributed by atoms with Gasteiger partial charge < -0.3 is 4.74 Å². The molecule has 0 aliphatic rings. The van der Waals surface area contributed by atoms with Crippen LogP contribution in [-0.4, -0.2) is 13.7 Å². The van der Waals surface area contributed by atoms with Gasteiger partial charge in [-0.15, -0.1) is 0 Å². The zero-order chi connectivity index (χ0) is 10.6. The maximum absolute atomic E-state index is 6.05. The molecule has 77 valence electrons. The Labute approximate surface area is 95.0 Å². The van der Waals surface area contributed by atoms with E-state index in [0.29, 0.717) is 16.7 Å². The summed E-state index contributed by atoms with van der Waals surface area (Å²) in [6.45, 7) is 4.70. The fourth-order valence-electron chi connectivity index (χ4n) is 1.25. The van der Waals surface area contributed by atoms with Crippen molar-refractivity contribution in [2.24, 2.45) is 0 Å². The molecule has 0 amide bonds. The minimum absolute atomic E-state index is 0.126. The van der Waals surface area contributed by atoms with E-state index in [1.54, 1.807) is 13.2 Å². The summed E-state index contributed by atoms with van der Waals surface area (Å²) in [4.78, 5) is 0. The van der Waals surface area contributed by atoms with Crippen LogP contribution in [0.5, 0.6) is 0 Å². The molecule has 14 heavy (non-hydrogen) atoms. The predicted molar refractivity (Wildman–Crippen MR) is 61.1 cm³/mol. The van der Waals surface area contributed by atoms with Gasteiger partial charge in [-0.1, -0.05) is 35.3 Å². The highest BCUT2D eigenvalue weighted by Gasteiger charge is 2.11. The standard InChI is InChI=1S/C11H13Cl2O/c1-8(6-7-14-2)9-4-3-5-10(12)11(9)13/h3-5,8H,1,6-7H2,2H3. The van der Waals surface area contributed by atoms with Crippen LogP contribution in [0, 0.1) is 6.92 Å². The van der Waals surface area contributed by atoms with E-state index < -0.39 is 0 Å². The van der Waals surface area contributed by atoms with Gasteiger partial charge in [-0.05, 0) is 30.9 Å². The second-order valence-corrected chi connectivity index (χ2v) is 3.91. The van der Waals surface area contributed by atoms with E-state index in [0.717, 1.165) is 12.0 Å². The average molecular weight is 232 g/mol. The molecule has 0 aliphatic heterocycles. The third-order valence-corrected chi connectivity index (χ3v) is 2.93. The highest BCUT2D eigenvalue weighted by atomic mass is 35.5. The Morgan fingerprint density at radius 3 is 2.79 bits per heavy atom. The van der Waals surface area contributed by atoms with Gasteiger partial charge >= 0.3 is 0 Å². The van der Waals surface area contributed by atoms with Gasteiger partial charge in [0.2, 0.25) is 0 Å². The van der Waals surface area contributed by atoms with Crippen molar-refractivity contribution in [1.82, 2.24) is 0 Å². The Hall–Kier alpha value is -0.240. The summed E-state index contributed by atoms with van der Waals surface area (Å²) in [5.41, 5.74) is 0.983. The molecule has 3 heteroatoms. The quantitative estimate of drug-likeness (QED) is 0.763. The molecule has 1 unspecified atom stereocenters. The molecule has 1 atom stereocenters. The number of hydrogen-bond acceptors (Lipinski definition) is 1. The Balaban J connectivity index is 2.79. The van der Waals surface area contributed by atoms with E-state index in [1.807, 2.05) is 12.1 Å². The van der Waals surface area contributed by atoms with Crippen LogP contribution in [0.1, 0.15) is 17.9 Å². The molecule has 1 rings (SSSR count). The summed E-state index contributed by atoms with van der Waals surface area (Å²) in [6.07, 6.45) is 0.844. The number of halogens is 2. The predicted octanol–water partition coefficient (Wildman–Crippen LogP) is 3.95. The van der Waals surface area contributed by atoms with Crippen molar-refractivity contribution in [2.75, 3.05) is 13.7 Å². The lowest BCUT2D eigenvalue weighted by molar-refractivity contribution is 0.191. The topological polar surface area (TPSA) is 9.23 Å². The van der Waals surface area contributed by atoms with E-state index in [4.69, 9.17) is 27.9 Å². The second-order valence-electron chi connectivity index (χ2n) is 3.12. The lowest BCUT2D eigenvalue weighted by Gasteiger charge is -2.13. The molecule has 1 nitrogen and oxygen atoms in total. The van der Waals surface area contributed by atoms with Crippen molar-refractivity contribution in [3.05, 3.63) is 40.7 Å². The van der Waals surface area contributed by atoms with Gasteiger partial charge in [0, 0.05) is 13.7 Å². The zero-order valence-corrected chi connectivity index (χ0v) is 9.61. The van der Waals surface area contributed by atoms with Crippen LogP contribution in [0.25, 0.3) is 0 Å². The number of ether oxygens (including phenoxy) is 1. The first-order chi connectivity index (χ1) is 6.66. The molecule has 0 saturated carbocycles. The largest absolute Gasteiger partial charge is 0.385 e. The molecule has 0 heterocycles. The number of rotatable bonds is 4. The number of benzene rings is 1. The molecule has 0 spiro atoms. The van der Waals surface area contributed by atoms with Crippen LogP contribution in [0.4, 0.5) is 0 Å². The Morgan fingerprint density at radius 2 is 2.14 bits per heavy atom. The third-order valence-electron chi connectivity index (χ3n) is 2.09. The number of methoxy groups -OCH3 is 1. The molecule has 1 aromatic carbocycles. The molecular weight excluding hydrogens is 219 g/mol. The highest BCUT2D eigenvalue weighted by Crippen LogP contribution is 2.31. The lowest BCUT2D eigenvalue weighted by Crippen LogP contribution is -2.00. The van der Waals surface area contributed by atoms with E-state index in [-0.39, 0.29) is 5.92 Å². The van der Waals surface area contributed by atoms with E-state index >= 15 is 0 Å². The van der Waals surface area contributed by atoms with Crippen LogP contribution in [0.3, 0.4) is 0 Å². The minimum atomic E-state index is 0.126. The van der Waals surface area contributed by atoms with Crippen molar-refractivity contribution < 1.29 is 4.74 Å². The molecule has 0 fully saturated rings. The van der Waals surface area contributed by atoms with Crippen molar-refractivity contribution in [2.45, 2.75) is 12.3 Å². The fourth-order valence-corrected chi connectivity index (χ4v) is 1.71. The maximum atomic E-state index is 6.05. The summed E-state index contributed by atoms with van der Waals surface area (Å²) in [5.74, 6) is 0.126. The van der Waals surface area contributed by atoms with Crippen LogP contribution < -0.4 is 0 Å². The maximum Gasteiger partial charge on any atom is 0.0627 e. The molecule has 1 radical (unpaired) electrons. The van der Waals surface area contributed by atoms with Crippen molar-refractivity contribution in [1.29, 1.82) is 0 Å². The van der Waals surface area contributed by atoms with Gasteiger partial charge in [-0.3, -0.25) is 0 Å². The molecule has 0 N–H and O–H groups in total. The smallest absolute Gasteiger partial charge is 0.0627 e. The van der Waals surface area contributed by atoms with Gasteiger partial charge in [-0.25, -0.2) is 0 Å². The summed E-state index contributed by atoms with van der Waals surface area (Å²) >= 11 is 12.0. The minimum Gasteiger partial charge on any atom is -0.385 e. The molecule has 0 aromatic heterocycles. The van der Waals surface area contributed by atoms with Gasteiger partial charge in [0.15, 0.2) is 0 Å². The summed E-state index contributed by atoms with van der Waals surface area (Å²) in [6, 6.07) is 5.60. The first-order valence-electron chi connectivity index (χ1n) is 4.42. The van der Waals surface area contributed by atoms with Crippen LogP contribution >= 0.6 is 23.2 Å². The SMILES string of the molecule is [CH2]C(CCOC)c1cccc(Cl)c1Cl. The Kier molecular flexibility index (Phi) is 4.73. The Bertz CT molecular complexity index is 299. The van der Waals surface area contributed by atoms with Crippen molar-refractivity contribution in [3.8, 4) is 0 Å². The Morgan fingerprint density at radius 1 is 1.43 bits per heavy atom. The second kappa shape index (κ2) is 5.59. The van der Waals surface area contributed by atoms with Gasteiger partial charge in [-0.2, -0.15) is 0 Å². The highest BCUT2D eigenvalue weighted by molar-refractivity contribution is 6.42. The van der Waals surface area contributed by atoms with E-state index in [9.17, 15) is 0 Å². The lowest BCUT2D eigenvalue weighted by atomic mass is 9.98. The van der Waals surface area contributed by atoms with Crippen LogP contribution in [-0.2, 0) is 4.74 Å². The normalized spacial score (nSPS) is 12.9. The molecule has 0 aliphatic carbocycles. The zero-order valence-electron chi connectivity index (χ0n) is 8.09. The van der Waals surface area contributed by atoms with Crippen LogP contribution in [0.15, 0.2) is 18.2 Å². The molecular formula is C11H13Cl2O. The van der Waals surface area contributed by atoms with Gasteiger partial charge in [0.05, 0.1) is 10.0 Å². The monoisotopic (exact) mass is 231 g/mol. The molecule has 0 saturated heterocycles. The van der Waals surface area contributed by atoms with Gasteiger partial charge in [0.1, 0.15) is 0 Å². The van der Waals surface area contributed by atoms with Crippen molar-refractivity contribution in [3.63, 3.8) is 0 Å². The summed E-state index contributed by atoms with van der Waals surface area (Å²) in [5, 5.41) is 1.18. The molecule has 0 bridgehead atoms. The van der Waals surface area contributed by atoms with Crippen LogP contribution in [0.2, 0.25) is 10.0 Å². The third kappa shape index (κ3) is 2.88. The van der Waals surface area contributed by atoms with Gasteiger partial charge in [0.25, 0.3) is 0 Å². The van der Waals surface area contributed by atoms with E-state index in [2.05, 4.69) is 6.92 Å². The average Bonchev–Trinajstić information content (AvgIpc) is 2.18. The van der Waals surface area contributed by atoms with Crippen molar-refractivity contribution >= 4 is 23.2 Å². The first-order valence-corrected chi connectivity index (χ1v) is 5.18. The van der Waals surface area contributed by atoms with E-state index in [1.165, 1.54) is 0 Å². The number of hydrogen-bond donors (Lipinski definition) is 0.